The SMILES string of the molecule is O=S(=O)(Nc1cccc(Oc2ccccc2)c1)C(F)(F)F. The smallest absolute Gasteiger partial charge is 0.457 e. The van der Waals surface area contributed by atoms with Crippen molar-refractivity contribution in [3.05, 3.63) is 54.6 Å². The Morgan fingerprint density at radius 1 is 0.905 bits per heavy atom. The van der Waals surface area contributed by atoms with E-state index in [-0.39, 0.29) is 11.4 Å². The first-order valence-electron chi connectivity index (χ1n) is 5.70. The summed E-state index contributed by atoms with van der Waals surface area (Å²) in [5.41, 5.74) is -5.61. The molecule has 0 fully saturated rings. The van der Waals surface area contributed by atoms with Crippen LogP contribution in [0.4, 0.5) is 18.9 Å². The van der Waals surface area contributed by atoms with Gasteiger partial charge >= 0.3 is 15.5 Å². The number of halogens is 3. The summed E-state index contributed by atoms with van der Waals surface area (Å²) in [6.45, 7) is 0. The largest absolute Gasteiger partial charge is 0.516 e. The Morgan fingerprint density at radius 3 is 2.14 bits per heavy atom. The second-order valence-electron chi connectivity index (χ2n) is 3.99. The van der Waals surface area contributed by atoms with E-state index in [1.807, 2.05) is 0 Å². The van der Waals surface area contributed by atoms with E-state index in [0.717, 1.165) is 6.07 Å². The first-order chi connectivity index (χ1) is 9.78. The summed E-state index contributed by atoms with van der Waals surface area (Å²) in [4.78, 5) is 0. The van der Waals surface area contributed by atoms with Gasteiger partial charge in [0.05, 0.1) is 5.69 Å². The van der Waals surface area contributed by atoms with Crippen LogP contribution in [0, 0.1) is 0 Å². The van der Waals surface area contributed by atoms with E-state index < -0.39 is 15.5 Å². The van der Waals surface area contributed by atoms with Crippen LogP contribution in [0.5, 0.6) is 11.5 Å². The molecule has 0 spiro atoms. The summed E-state index contributed by atoms with van der Waals surface area (Å²) in [6.07, 6.45) is 0. The van der Waals surface area contributed by atoms with E-state index in [4.69, 9.17) is 4.74 Å². The molecule has 0 saturated heterocycles. The number of benzene rings is 2. The molecule has 112 valence electrons. The maximum Gasteiger partial charge on any atom is 0.516 e. The lowest BCUT2D eigenvalue weighted by atomic mass is 10.3. The lowest BCUT2D eigenvalue weighted by Gasteiger charge is -2.12. The van der Waals surface area contributed by atoms with E-state index in [2.05, 4.69) is 0 Å². The van der Waals surface area contributed by atoms with Crippen molar-refractivity contribution in [2.75, 3.05) is 4.72 Å². The third-order valence-electron chi connectivity index (χ3n) is 2.37. The average molecular weight is 317 g/mol. The quantitative estimate of drug-likeness (QED) is 0.934. The number of sulfonamides is 1. The molecule has 0 unspecified atom stereocenters. The average Bonchev–Trinajstić information content (AvgIpc) is 2.38. The van der Waals surface area contributed by atoms with E-state index in [0.29, 0.717) is 5.75 Å². The molecule has 2 aromatic rings. The number of hydrogen-bond donors (Lipinski definition) is 1. The number of anilines is 1. The number of nitrogens with one attached hydrogen (secondary N) is 1. The Kier molecular flexibility index (Phi) is 4.08. The molecule has 0 atom stereocenters. The second kappa shape index (κ2) is 5.65. The molecule has 0 aromatic heterocycles. The van der Waals surface area contributed by atoms with Gasteiger partial charge in [0, 0.05) is 6.07 Å². The van der Waals surface area contributed by atoms with Crippen LogP contribution < -0.4 is 9.46 Å². The molecule has 2 aromatic carbocycles. The molecule has 4 nitrogen and oxygen atoms in total. The van der Waals surface area contributed by atoms with Crippen LogP contribution >= 0.6 is 0 Å². The van der Waals surface area contributed by atoms with Crippen LogP contribution in [0.2, 0.25) is 0 Å². The Hall–Kier alpha value is -2.22. The highest BCUT2D eigenvalue weighted by Crippen LogP contribution is 2.28. The summed E-state index contributed by atoms with van der Waals surface area (Å²) < 4.78 is 65.7. The molecule has 0 amide bonds. The highest BCUT2D eigenvalue weighted by molar-refractivity contribution is 7.93. The van der Waals surface area contributed by atoms with Crippen LogP contribution in [0.1, 0.15) is 0 Å². The molecule has 1 N–H and O–H groups in total. The standard InChI is InChI=1S/C13H10F3NO3S/c14-13(15,16)21(18,19)17-10-5-4-8-12(9-10)20-11-6-2-1-3-7-11/h1-9,17H. The van der Waals surface area contributed by atoms with Crippen molar-refractivity contribution in [1.82, 2.24) is 0 Å². The molecule has 0 saturated carbocycles. The van der Waals surface area contributed by atoms with Crippen molar-refractivity contribution in [3.63, 3.8) is 0 Å². The fourth-order valence-corrected chi connectivity index (χ4v) is 2.01. The van der Waals surface area contributed by atoms with Crippen molar-refractivity contribution in [2.24, 2.45) is 0 Å². The van der Waals surface area contributed by atoms with E-state index in [9.17, 15) is 21.6 Å². The predicted molar refractivity (Wildman–Crippen MR) is 71.6 cm³/mol. The van der Waals surface area contributed by atoms with Gasteiger partial charge in [-0.3, -0.25) is 4.72 Å². The summed E-state index contributed by atoms with van der Waals surface area (Å²) >= 11 is 0. The van der Waals surface area contributed by atoms with Gasteiger partial charge in [-0.15, -0.1) is 0 Å². The fourth-order valence-electron chi connectivity index (χ4n) is 1.46. The first kappa shape index (κ1) is 15.2. The maximum atomic E-state index is 12.3. The fraction of sp³-hybridized carbons (Fsp3) is 0.0769. The molecule has 0 radical (unpaired) electrons. The second-order valence-corrected chi connectivity index (χ2v) is 5.67. The Balaban J connectivity index is 2.19. The van der Waals surface area contributed by atoms with Crippen molar-refractivity contribution in [3.8, 4) is 11.5 Å². The monoisotopic (exact) mass is 317 g/mol. The van der Waals surface area contributed by atoms with Crippen molar-refractivity contribution < 1.29 is 26.3 Å². The number of ether oxygens (including phenoxy) is 1. The molecule has 0 aliphatic heterocycles. The van der Waals surface area contributed by atoms with E-state index in [1.54, 1.807) is 30.3 Å². The molecule has 21 heavy (non-hydrogen) atoms. The minimum absolute atomic E-state index is 0.212. The summed E-state index contributed by atoms with van der Waals surface area (Å²) in [5.74, 6) is 0.692. The highest BCUT2D eigenvalue weighted by atomic mass is 32.2. The van der Waals surface area contributed by atoms with Crippen LogP contribution in [0.3, 0.4) is 0 Å². The Labute approximate surface area is 119 Å². The zero-order valence-electron chi connectivity index (χ0n) is 10.5. The van der Waals surface area contributed by atoms with Crippen LogP contribution in [0.15, 0.2) is 54.6 Å². The zero-order valence-corrected chi connectivity index (χ0v) is 11.3. The normalized spacial score (nSPS) is 12.0. The number of alkyl halides is 3. The van der Waals surface area contributed by atoms with Gasteiger partial charge in [0.2, 0.25) is 0 Å². The minimum Gasteiger partial charge on any atom is -0.457 e. The predicted octanol–water partition coefficient (Wildman–Crippen LogP) is 3.74. The van der Waals surface area contributed by atoms with Gasteiger partial charge in [-0.1, -0.05) is 24.3 Å². The van der Waals surface area contributed by atoms with Gasteiger partial charge in [-0.05, 0) is 24.3 Å². The molecular formula is C13H10F3NO3S. The summed E-state index contributed by atoms with van der Waals surface area (Å²) in [5, 5.41) is 0. The minimum atomic E-state index is -5.45. The molecule has 0 aliphatic carbocycles. The Bertz CT molecular complexity index is 715. The van der Waals surface area contributed by atoms with Crippen molar-refractivity contribution in [1.29, 1.82) is 0 Å². The van der Waals surface area contributed by atoms with Gasteiger partial charge in [0.15, 0.2) is 0 Å². The highest BCUT2D eigenvalue weighted by Gasteiger charge is 2.46. The van der Waals surface area contributed by atoms with E-state index >= 15 is 0 Å². The van der Waals surface area contributed by atoms with E-state index in [1.165, 1.54) is 22.9 Å². The maximum absolute atomic E-state index is 12.3. The van der Waals surface area contributed by atoms with Gasteiger partial charge in [-0.25, -0.2) is 0 Å². The van der Waals surface area contributed by atoms with Gasteiger partial charge in [0.1, 0.15) is 11.5 Å². The first-order valence-corrected chi connectivity index (χ1v) is 7.18. The lowest BCUT2D eigenvalue weighted by Crippen LogP contribution is -2.29. The Morgan fingerprint density at radius 2 is 1.52 bits per heavy atom. The van der Waals surface area contributed by atoms with Crippen molar-refractivity contribution >= 4 is 15.7 Å². The lowest BCUT2D eigenvalue weighted by molar-refractivity contribution is -0.0429. The number of rotatable bonds is 4. The molecule has 0 bridgehead atoms. The van der Waals surface area contributed by atoms with Crippen molar-refractivity contribution in [2.45, 2.75) is 5.51 Å². The topological polar surface area (TPSA) is 55.4 Å². The van der Waals surface area contributed by atoms with Gasteiger partial charge in [-0.2, -0.15) is 21.6 Å². The van der Waals surface area contributed by atoms with Crippen LogP contribution in [0.25, 0.3) is 0 Å². The molecule has 0 heterocycles. The van der Waals surface area contributed by atoms with Crippen LogP contribution in [-0.4, -0.2) is 13.9 Å². The zero-order chi connectivity index (χ0) is 15.5. The molecule has 8 heteroatoms. The molecule has 2 rings (SSSR count). The molecular weight excluding hydrogens is 307 g/mol. The number of hydrogen-bond acceptors (Lipinski definition) is 3. The third-order valence-corrected chi connectivity index (χ3v) is 3.48. The van der Waals surface area contributed by atoms with Gasteiger partial charge < -0.3 is 4.74 Å². The number of para-hydroxylation sites is 1. The van der Waals surface area contributed by atoms with Gasteiger partial charge in [0.25, 0.3) is 0 Å². The summed E-state index contributed by atoms with van der Waals surface area (Å²) in [7, 11) is -5.45. The van der Waals surface area contributed by atoms with Crippen LogP contribution in [-0.2, 0) is 10.0 Å². The third kappa shape index (κ3) is 3.88. The summed E-state index contributed by atoms with van der Waals surface area (Å²) in [6, 6.07) is 13.8. The molecule has 0 aliphatic rings.